The number of fused-ring (bicyclic) bond motifs is 5. The van der Waals surface area contributed by atoms with Gasteiger partial charge in [-0.1, -0.05) is 54.1 Å². The van der Waals surface area contributed by atoms with Gasteiger partial charge in [0.15, 0.2) is 5.78 Å². The second-order valence-corrected chi connectivity index (χ2v) is 9.43. The van der Waals surface area contributed by atoms with Gasteiger partial charge in [-0.3, -0.25) is 24.5 Å². The van der Waals surface area contributed by atoms with Crippen molar-refractivity contribution >= 4 is 46.6 Å². The largest absolute Gasteiger partial charge is 0.358 e. The van der Waals surface area contributed by atoms with Gasteiger partial charge < -0.3 is 4.90 Å². The van der Waals surface area contributed by atoms with Crippen LogP contribution in [0.15, 0.2) is 79.0 Å². The van der Waals surface area contributed by atoms with Gasteiger partial charge in [-0.05, 0) is 35.4 Å². The number of imide groups is 1. The summed E-state index contributed by atoms with van der Waals surface area (Å²) in [6.45, 7) is 0. The Balaban J connectivity index is 1.50. The van der Waals surface area contributed by atoms with Crippen LogP contribution in [0, 0.1) is 22.0 Å². The molecule has 4 atom stereocenters. The highest BCUT2D eigenvalue weighted by Crippen LogP contribution is 2.53. The molecule has 0 bridgehead atoms. The highest BCUT2D eigenvalue weighted by atomic mass is 35.5. The number of nitro benzene ring substituents is 1. The van der Waals surface area contributed by atoms with Crippen LogP contribution in [-0.4, -0.2) is 33.5 Å². The number of carbonyl (C=O) groups is 3. The van der Waals surface area contributed by atoms with E-state index in [9.17, 15) is 24.5 Å². The molecule has 0 radical (unpaired) electrons. The van der Waals surface area contributed by atoms with Crippen LogP contribution in [0.25, 0.3) is 6.08 Å². The summed E-state index contributed by atoms with van der Waals surface area (Å²) in [5.74, 6) is -3.12. The molecular weight excluding hydrogens is 482 g/mol. The lowest BCUT2D eigenvalue weighted by Crippen LogP contribution is -2.44. The first kappa shape index (κ1) is 22.2. The van der Waals surface area contributed by atoms with E-state index in [1.807, 2.05) is 30.3 Å². The van der Waals surface area contributed by atoms with Gasteiger partial charge in [0.2, 0.25) is 11.8 Å². The van der Waals surface area contributed by atoms with Crippen LogP contribution in [0.5, 0.6) is 0 Å². The average molecular weight is 500 g/mol. The molecule has 0 saturated carbocycles. The molecule has 0 unspecified atom stereocenters. The minimum absolute atomic E-state index is 0.113. The van der Waals surface area contributed by atoms with E-state index in [4.69, 9.17) is 11.6 Å². The Morgan fingerprint density at radius 2 is 1.67 bits per heavy atom. The molecule has 3 aromatic rings. The van der Waals surface area contributed by atoms with Crippen LogP contribution in [0.4, 0.5) is 11.4 Å². The lowest BCUT2D eigenvalue weighted by molar-refractivity contribution is -0.384. The van der Waals surface area contributed by atoms with Gasteiger partial charge in [0.25, 0.3) is 5.69 Å². The van der Waals surface area contributed by atoms with Gasteiger partial charge in [0.05, 0.1) is 28.5 Å². The number of ketones is 1. The third kappa shape index (κ3) is 3.18. The standard InChI is InChI=1S/C27H18ClN3O5/c28-17-7-4-8-18(14-17)30-26(33)21-22(27(30)34)24(25(32)16-6-3-9-19(13-16)31(35)36)29-12-11-15-5-1-2-10-20(15)23(21)29/h1-14,21-24H/t21-,22-,23+,24+/m0/s1. The van der Waals surface area contributed by atoms with Crippen molar-refractivity contribution in [1.29, 1.82) is 0 Å². The molecule has 2 fully saturated rings. The summed E-state index contributed by atoms with van der Waals surface area (Å²) in [6, 6.07) is 17.9. The molecule has 0 spiro atoms. The van der Waals surface area contributed by atoms with Crippen molar-refractivity contribution in [2.24, 2.45) is 11.8 Å². The minimum atomic E-state index is -1.01. The van der Waals surface area contributed by atoms with Gasteiger partial charge in [0.1, 0.15) is 6.04 Å². The maximum absolute atomic E-state index is 13.9. The van der Waals surface area contributed by atoms with E-state index >= 15 is 0 Å². The van der Waals surface area contributed by atoms with Crippen molar-refractivity contribution in [2.75, 3.05) is 4.90 Å². The molecule has 3 aromatic carbocycles. The summed E-state index contributed by atoms with van der Waals surface area (Å²) >= 11 is 6.14. The van der Waals surface area contributed by atoms with Crippen molar-refractivity contribution in [3.63, 3.8) is 0 Å². The highest BCUT2D eigenvalue weighted by molar-refractivity contribution is 6.31. The molecule has 9 heteroatoms. The fourth-order valence-corrected chi connectivity index (χ4v) is 5.85. The number of anilines is 1. The normalized spacial score (nSPS) is 23.9. The zero-order valence-electron chi connectivity index (χ0n) is 18.7. The number of hydrogen-bond donors (Lipinski definition) is 0. The van der Waals surface area contributed by atoms with Crippen molar-refractivity contribution in [1.82, 2.24) is 4.90 Å². The first-order valence-electron chi connectivity index (χ1n) is 11.3. The molecule has 36 heavy (non-hydrogen) atoms. The predicted molar refractivity (Wildman–Crippen MR) is 132 cm³/mol. The lowest BCUT2D eigenvalue weighted by atomic mass is 9.83. The molecule has 0 N–H and O–H groups in total. The topological polar surface area (TPSA) is 101 Å². The minimum Gasteiger partial charge on any atom is -0.358 e. The molecule has 178 valence electrons. The van der Waals surface area contributed by atoms with Gasteiger partial charge >= 0.3 is 0 Å². The van der Waals surface area contributed by atoms with Crippen LogP contribution < -0.4 is 4.90 Å². The fourth-order valence-electron chi connectivity index (χ4n) is 5.67. The summed E-state index contributed by atoms with van der Waals surface area (Å²) < 4.78 is 0. The molecule has 2 amide bonds. The van der Waals surface area contributed by atoms with Crippen LogP contribution in [0.1, 0.15) is 27.5 Å². The number of halogens is 1. The number of nitro groups is 1. The monoisotopic (exact) mass is 499 g/mol. The Kier molecular flexibility index (Phi) is 5.01. The third-order valence-electron chi connectivity index (χ3n) is 7.14. The molecule has 6 rings (SSSR count). The Morgan fingerprint density at radius 3 is 2.44 bits per heavy atom. The van der Waals surface area contributed by atoms with Crippen LogP contribution >= 0.6 is 11.6 Å². The summed E-state index contributed by atoms with van der Waals surface area (Å²) in [5.41, 5.74) is 1.99. The number of amides is 2. The van der Waals surface area contributed by atoms with Crippen LogP contribution in [0.3, 0.4) is 0 Å². The maximum atomic E-state index is 13.9. The maximum Gasteiger partial charge on any atom is 0.270 e. The second-order valence-electron chi connectivity index (χ2n) is 9.00. The molecule has 0 aromatic heterocycles. The molecule has 3 heterocycles. The van der Waals surface area contributed by atoms with Crippen LogP contribution in [0.2, 0.25) is 5.02 Å². The first-order valence-corrected chi connectivity index (χ1v) is 11.7. The van der Waals surface area contributed by atoms with E-state index in [0.717, 1.165) is 16.0 Å². The van der Waals surface area contributed by atoms with Gasteiger partial charge in [-0.25, -0.2) is 4.90 Å². The Morgan fingerprint density at radius 1 is 0.917 bits per heavy atom. The Labute approximate surface area is 210 Å². The number of hydrogen-bond acceptors (Lipinski definition) is 6. The van der Waals surface area contributed by atoms with Crippen molar-refractivity contribution in [3.05, 3.63) is 111 Å². The van der Waals surface area contributed by atoms with Gasteiger partial charge in [-0.2, -0.15) is 0 Å². The molecule has 3 aliphatic rings. The van der Waals surface area contributed by atoms with Gasteiger partial charge in [-0.15, -0.1) is 0 Å². The third-order valence-corrected chi connectivity index (χ3v) is 7.37. The summed E-state index contributed by atoms with van der Waals surface area (Å²) in [4.78, 5) is 55.2. The summed E-state index contributed by atoms with van der Waals surface area (Å²) in [7, 11) is 0. The summed E-state index contributed by atoms with van der Waals surface area (Å²) in [6.07, 6.45) is 3.60. The van der Waals surface area contributed by atoms with E-state index in [0.29, 0.717) is 10.7 Å². The lowest BCUT2D eigenvalue weighted by Gasteiger charge is -2.35. The number of Topliss-reactive ketones (excluding diaryl/α,β-unsaturated/α-hetero) is 1. The number of rotatable bonds is 4. The molecule has 8 nitrogen and oxygen atoms in total. The smallest absolute Gasteiger partial charge is 0.270 e. The molecule has 2 saturated heterocycles. The molecular formula is C27H18ClN3O5. The molecule has 0 aliphatic carbocycles. The first-order chi connectivity index (χ1) is 17.4. The van der Waals surface area contributed by atoms with E-state index in [2.05, 4.69) is 0 Å². The second kappa shape index (κ2) is 8.13. The number of carbonyl (C=O) groups excluding carboxylic acids is 3. The van der Waals surface area contributed by atoms with Crippen molar-refractivity contribution < 1.29 is 19.3 Å². The SMILES string of the molecule is O=C(c1cccc([N+](=O)[O-])c1)[C@H]1[C@H]2C(=O)N(c3cccc(Cl)c3)C(=O)[C@@H]2[C@H]2c3ccccc3C=CN21. The number of non-ortho nitro benzene ring substituents is 1. The van der Waals surface area contributed by atoms with E-state index in [1.54, 1.807) is 35.4 Å². The van der Waals surface area contributed by atoms with Crippen molar-refractivity contribution in [3.8, 4) is 0 Å². The summed E-state index contributed by atoms with van der Waals surface area (Å²) in [5, 5.41) is 11.7. The highest BCUT2D eigenvalue weighted by Gasteiger charge is 2.64. The average Bonchev–Trinajstić information content (AvgIpc) is 3.36. The number of nitrogens with zero attached hydrogens (tertiary/aromatic N) is 3. The predicted octanol–water partition coefficient (Wildman–Crippen LogP) is 4.65. The quantitative estimate of drug-likeness (QED) is 0.224. The number of benzene rings is 3. The van der Waals surface area contributed by atoms with Crippen LogP contribution in [-0.2, 0) is 9.59 Å². The Hall–Kier alpha value is -4.30. The van der Waals surface area contributed by atoms with Gasteiger partial charge in [0, 0.05) is 28.9 Å². The fraction of sp³-hybridized carbons (Fsp3) is 0.148. The zero-order chi connectivity index (χ0) is 25.1. The Bertz CT molecular complexity index is 1500. The molecule has 3 aliphatic heterocycles. The van der Waals surface area contributed by atoms with E-state index in [-0.39, 0.29) is 11.3 Å². The van der Waals surface area contributed by atoms with E-state index < -0.39 is 46.4 Å². The zero-order valence-corrected chi connectivity index (χ0v) is 19.4. The van der Waals surface area contributed by atoms with E-state index in [1.165, 1.54) is 24.3 Å². The van der Waals surface area contributed by atoms with Crippen molar-refractivity contribution in [2.45, 2.75) is 12.1 Å².